The van der Waals surface area contributed by atoms with E-state index < -0.39 is 0 Å². The molecular weight excluding hydrogens is 164 g/mol. The second kappa shape index (κ2) is 5.02. The van der Waals surface area contributed by atoms with Crippen LogP contribution in [0.3, 0.4) is 0 Å². The van der Waals surface area contributed by atoms with Crippen molar-refractivity contribution in [1.82, 2.24) is 10.2 Å². The summed E-state index contributed by atoms with van der Waals surface area (Å²) >= 11 is 0. The van der Waals surface area contributed by atoms with E-state index >= 15 is 0 Å². The second-order valence-electron chi connectivity index (χ2n) is 3.47. The van der Waals surface area contributed by atoms with Crippen LogP contribution in [-0.4, -0.2) is 37.0 Å². The summed E-state index contributed by atoms with van der Waals surface area (Å²) in [5, 5.41) is 3.22. The fourth-order valence-electron chi connectivity index (χ4n) is 1.71. The Labute approximate surface area is 79.8 Å². The highest BCUT2D eigenvalue weighted by molar-refractivity contribution is 5.87. The zero-order valence-electron chi connectivity index (χ0n) is 8.25. The maximum absolute atomic E-state index is 11.4. The van der Waals surface area contributed by atoms with Gasteiger partial charge in [-0.25, -0.2) is 0 Å². The van der Waals surface area contributed by atoms with E-state index in [2.05, 4.69) is 11.9 Å². The summed E-state index contributed by atoms with van der Waals surface area (Å²) in [5.74, 6) is 0.0575. The molecule has 13 heavy (non-hydrogen) atoms. The summed E-state index contributed by atoms with van der Waals surface area (Å²) in [5.41, 5.74) is 0. The number of carbonyl (C=O) groups excluding carboxylic acids is 1. The molecule has 1 amide bonds. The largest absolute Gasteiger partial charge is 0.338 e. The molecule has 0 aromatic rings. The molecule has 0 aliphatic carbocycles. The molecule has 1 rings (SSSR count). The molecule has 1 atom stereocenters. The van der Waals surface area contributed by atoms with Crippen molar-refractivity contribution in [3.8, 4) is 0 Å². The van der Waals surface area contributed by atoms with Crippen LogP contribution >= 0.6 is 0 Å². The minimum absolute atomic E-state index is 0.0575. The molecule has 0 saturated carbocycles. The molecule has 1 aliphatic rings. The van der Waals surface area contributed by atoms with Crippen molar-refractivity contribution in [3.63, 3.8) is 0 Å². The molecular formula is C10H18N2O. The van der Waals surface area contributed by atoms with E-state index in [4.69, 9.17) is 0 Å². The number of carbonyl (C=O) groups is 1. The maximum atomic E-state index is 11.4. The molecule has 0 bridgehead atoms. The van der Waals surface area contributed by atoms with E-state index in [1.807, 2.05) is 11.9 Å². The van der Waals surface area contributed by atoms with Gasteiger partial charge in [-0.1, -0.05) is 13.0 Å². The third-order valence-electron chi connectivity index (χ3n) is 2.57. The van der Waals surface area contributed by atoms with Gasteiger partial charge in [-0.05, 0) is 26.0 Å². The van der Waals surface area contributed by atoms with Crippen molar-refractivity contribution in [2.24, 2.45) is 0 Å². The molecule has 1 N–H and O–H groups in total. The van der Waals surface area contributed by atoms with Crippen LogP contribution in [0.4, 0.5) is 0 Å². The van der Waals surface area contributed by atoms with Crippen molar-refractivity contribution in [1.29, 1.82) is 0 Å². The van der Waals surface area contributed by atoms with Gasteiger partial charge in [0.25, 0.3) is 0 Å². The standard InChI is InChI=1S/C10H18N2O/c1-3-10(13)12-7-5-4-6-9(8-12)11-2/h3,9,11H,1,4-8H2,2H3/t9-/m1/s1. The molecule has 0 radical (unpaired) electrons. The van der Waals surface area contributed by atoms with E-state index in [1.54, 1.807) is 0 Å². The maximum Gasteiger partial charge on any atom is 0.246 e. The molecule has 1 fully saturated rings. The average Bonchev–Trinajstić information content (AvgIpc) is 2.41. The molecule has 0 unspecified atom stereocenters. The number of hydrogen-bond donors (Lipinski definition) is 1. The Kier molecular flexibility index (Phi) is 3.96. The normalized spacial score (nSPS) is 23.8. The van der Waals surface area contributed by atoms with Crippen LogP contribution in [0.5, 0.6) is 0 Å². The number of likely N-dealkylation sites (tertiary alicyclic amines) is 1. The van der Waals surface area contributed by atoms with E-state index in [9.17, 15) is 4.79 Å². The lowest BCUT2D eigenvalue weighted by atomic mass is 10.1. The van der Waals surface area contributed by atoms with Crippen LogP contribution in [0, 0.1) is 0 Å². The minimum Gasteiger partial charge on any atom is -0.338 e. The van der Waals surface area contributed by atoms with Crippen LogP contribution in [0.1, 0.15) is 19.3 Å². The summed E-state index contributed by atoms with van der Waals surface area (Å²) in [7, 11) is 1.95. The minimum atomic E-state index is 0.0575. The van der Waals surface area contributed by atoms with Gasteiger partial charge in [0, 0.05) is 19.1 Å². The molecule has 0 spiro atoms. The molecule has 0 aromatic carbocycles. The first-order chi connectivity index (χ1) is 6.27. The van der Waals surface area contributed by atoms with Gasteiger partial charge in [-0.2, -0.15) is 0 Å². The van der Waals surface area contributed by atoms with Crippen molar-refractivity contribution in [3.05, 3.63) is 12.7 Å². The average molecular weight is 182 g/mol. The molecule has 3 heteroatoms. The van der Waals surface area contributed by atoms with Crippen LogP contribution in [0.25, 0.3) is 0 Å². The predicted molar refractivity (Wildman–Crippen MR) is 53.5 cm³/mol. The van der Waals surface area contributed by atoms with E-state index in [0.29, 0.717) is 6.04 Å². The third-order valence-corrected chi connectivity index (χ3v) is 2.57. The SMILES string of the molecule is C=CC(=O)N1CCCC[C@@H](NC)C1. The quantitative estimate of drug-likeness (QED) is 0.640. The Morgan fingerprint density at radius 2 is 2.38 bits per heavy atom. The Balaban J connectivity index is 2.53. The Hall–Kier alpha value is -0.830. The second-order valence-corrected chi connectivity index (χ2v) is 3.47. The highest BCUT2D eigenvalue weighted by atomic mass is 16.2. The summed E-state index contributed by atoms with van der Waals surface area (Å²) in [6.07, 6.45) is 4.87. The zero-order chi connectivity index (χ0) is 9.68. The molecule has 1 heterocycles. The van der Waals surface area contributed by atoms with Crippen molar-refractivity contribution in [2.75, 3.05) is 20.1 Å². The predicted octanol–water partition coefficient (Wildman–Crippen LogP) is 0.773. The van der Waals surface area contributed by atoms with E-state index in [-0.39, 0.29) is 5.91 Å². The van der Waals surface area contributed by atoms with Gasteiger partial charge in [0.2, 0.25) is 5.91 Å². The number of hydrogen-bond acceptors (Lipinski definition) is 2. The van der Waals surface area contributed by atoms with Crippen LogP contribution in [0.2, 0.25) is 0 Å². The van der Waals surface area contributed by atoms with Crippen molar-refractivity contribution in [2.45, 2.75) is 25.3 Å². The third kappa shape index (κ3) is 2.84. The van der Waals surface area contributed by atoms with Crippen molar-refractivity contribution < 1.29 is 4.79 Å². The molecule has 74 valence electrons. The van der Waals surface area contributed by atoms with Crippen LogP contribution < -0.4 is 5.32 Å². The van der Waals surface area contributed by atoms with Crippen LogP contribution in [-0.2, 0) is 4.79 Å². The fourth-order valence-corrected chi connectivity index (χ4v) is 1.71. The number of nitrogens with zero attached hydrogens (tertiary/aromatic N) is 1. The lowest BCUT2D eigenvalue weighted by molar-refractivity contribution is -0.126. The van der Waals surface area contributed by atoms with Gasteiger partial charge in [0.05, 0.1) is 0 Å². The van der Waals surface area contributed by atoms with Gasteiger partial charge >= 0.3 is 0 Å². The molecule has 3 nitrogen and oxygen atoms in total. The van der Waals surface area contributed by atoms with E-state index in [0.717, 1.165) is 25.9 Å². The van der Waals surface area contributed by atoms with Crippen LogP contribution in [0.15, 0.2) is 12.7 Å². The lowest BCUT2D eigenvalue weighted by Gasteiger charge is -2.22. The summed E-state index contributed by atoms with van der Waals surface area (Å²) in [6.45, 7) is 5.20. The van der Waals surface area contributed by atoms with Gasteiger partial charge < -0.3 is 10.2 Å². The first-order valence-corrected chi connectivity index (χ1v) is 4.86. The molecule has 1 aliphatic heterocycles. The zero-order valence-corrected chi connectivity index (χ0v) is 8.25. The number of amides is 1. The summed E-state index contributed by atoms with van der Waals surface area (Å²) < 4.78 is 0. The monoisotopic (exact) mass is 182 g/mol. The number of likely N-dealkylation sites (N-methyl/N-ethyl adjacent to an activating group) is 1. The first-order valence-electron chi connectivity index (χ1n) is 4.86. The number of rotatable bonds is 2. The Morgan fingerprint density at radius 1 is 1.62 bits per heavy atom. The topological polar surface area (TPSA) is 32.3 Å². The van der Waals surface area contributed by atoms with Crippen molar-refractivity contribution >= 4 is 5.91 Å². The molecule has 1 saturated heterocycles. The smallest absolute Gasteiger partial charge is 0.246 e. The van der Waals surface area contributed by atoms with Gasteiger partial charge in [0.15, 0.2) is 0 Å². The number of nitrogens with one attached hydrogen (secondary N) is 1. The highest BCUT2D eigenvalue weighted by Crippen LogP contribution is 2.10. The Bertz CT molecular complexity index is 191. The summed E-state index contributed by atoms with van der Waals surface area (Å²) in [6, 6.07) is 0.450. The highest BCUT2D eigenvalue weighted by Gasteiger charge is 2.18. The Morgan fingerprint density at radius 3 is 3.00 bits per heavy atom. The van der Waals surface area contributed by atoms with E-state index in [1.165, 1.54) is 12.5 Å². The lowest BCUT2D eigenvalue weighted by Crippen LogP contribution is -2.40. The van der Waals surface area contributed by atoms with Gasteiger partial charge in [-0.3, -0.25) is 4.79 Å². The first kappa shape index (κ1) is 10.3. The molecule has 0 aromatic heterocycles. The fraction of sp³-hybridized carbons (Fsp3) is 0.700. The summed E-state index contributed by atoms with van der Waals surface area (Å²) in [4.78, 5) is 13.2. The van der Waals surface area contributed by atoms with Gasteiger partial charge in [-0.15, -0.1) is 0 Å². The van der Waals surface area contributed by atoms with Gasteiger partial charge in [0.1, 0.15) is 0 Å².